The first-order chi connectivity index (χ1) is 6.18. The summed E-state index contributed by atoms with van der Waals surface area (Å²) in [5.41, 5.74) is 0.845. The summed E-state index contributed by atoms with van der Waals surface area (Å²) in [6.45, 7) is 1.86. The van der Waals surface area contributed by atoms with E-state index in [0.717, 1.165) is 16.3 Å². The molecule has 0 saturated carbocycles. The fourth-order valence-electron chi connectivity index (χ4n) is 1.46. The van der Waals surface area contributed by atoms with Gasteiger partial charge in [0.15, 0.2) is 0 Å². The molecule has 2 nitrogen and oxygen atoms in total. The van der Waals surface area contributed by atoms with Crippen LogP contribution in [0, 0.1) is 6.92 Å². The lowest BCUT2D eigenvalue weighted by Crippen LogP contribution is -1.79. The molecule has 0 heterocycles. The Kier molecular flexibility index (Phi) is 1.62. The van der Waals surface area contributed by atoms with E-state index < -0.39 is 0 Å². The first kappa shape index (κ1) is 7.92. The predicted molar refractivity (Wildman–Crippen MR) is 52.0 cm³/mol. The van der Waals surface area contributed by atoms with Gasteiger partial charge in [-0.1, -0.05) is 12.1 Å². The summed E-state index contributed by atoms with van der Waals surface area (Å²) < 4.78 is 0. The summed E-state index contributed by atoms with van der Waals surface area (Å²) in [4.78, 5) is 0. The van der Waals surface area contributed by atoms with Gasteiger partial charge < -0.3 is 10.2 Å². The molecule has 0 amide bonds. The minimum absolute atomic E-state index is 0.248. The molecule has 66 valence electrons. The topological polar surface area (TPSA) is 40.5 Å². The van der Waals surface area contributed by atoms with Crippen molar-refractivity contribution in [2.24, 2.45) is 0 Å². The van der Waals surface area contributed by atoms with Gasteiger partial charge in [0.25, 0.3) is 0 Å². The van der Waals surface area contributed by atoms with Crippen LogP contribution in [0.5, 0.6) is 11.5 Å². The van der Waals surface area contributed by atoms with Crippen LogP contribution < -0.4 is 0 Å². The summed E-state index contributed by atoms with van der Waals surface area (Å²) in [7, 11) is 0. The van der Waals surface area contributed by atoms with Crippen LogP contribution in [0.3, 0.4) is 0 Å². The van der Waals surface area contributed by atoms with Gasteiger partial charge in [0.05, 0.1) is 0 Å². The van der Waals surface area contributed by atoms with Crippen LogP contribution in [0.4, 0.5) is 0 Å². The second-order valence-electron chi connectivity index (χ2n) is 3.12. The number of benzene rings is 2. The standard InChI is InChI=1S/C11H10O2/c1-7-10-4-3-9(12)6-8(10)2-5-11(7)13/h2-6,12-13H,1H3. The second kappa shape index (κ2) is 2.66. The van der Waals surface area contributed by atoms with E-state index in [1.165, 1.54) is 0 Å². The van der Waals surface area contributed by atoms with Crippen molar-refractivity contribution in [2.45, 2.75) is 6.92 Å². The van der Waals surface area contributed by atoms with E-state index in [2.05, 4.69) is 0 Å². The van der Waals surface area contributed by atoms with Crippen molar-refractivity contribution in [1.29, 1.82) is 0 Å². The molecule has 0 spiro atoms. The van der Waals surface area contributed by atoms with E-state index in [4.69, 9.17) is 0 Å². The Bertz CT molecular complexity index is 461. The molecule has 0 radical (unpaired) electrons. The highest BCUT2D eigenvalue weighted by molar-refractivity contribution is 5.88. The molecule has 2 aromatic rings. The maximum absolute atomic E-state index is 9.42. The lowest BCUT2D eigenvalue weighted by Gasteiger charge is -2.04. The molecule has 2 rings (SSSR count). The van der Waals surface area contributed by atoms with Gasteiger partial charge in [-0.3, -0.25) is 0 Å². The number of fused-ring (bicyclic) bond motifs is 1. The molecule has 0 atom stereocenters. The molecule has 0 fully saturated rings. The van der Waals surface area contributed by atoms with E-state index in [1.54, 1.807) is 30.3 Å². The van der Waals surface area contributed by atoms with Gasteiger partial charge in [-0.2, -0.15) is 0 Å². The van der Waals surface area contributed by atoms with Crippen LogP contribution in [0.25, 0.3) is 10.8 Å². The van der Waals surface area contributed by atoms with Crippen molar-refractivity contribution >= 4 is 10.8 Å². The first-order valence-corrected chi connectivity index (χ1v) is 4.10. The smallest absolute Gasteiger partial charge is 0.119 e. The summed E-state index contributed by atoms with van der Waals surface area (Å²) in [5, 5.41) is 20.6. The van der Waals surface area contributed by atoms with Gasteiger partial charge in [-0.05, 0) is 41.5 Å². The first-order valence-electron chi connectivity index (χ1n) is 4.10. The third-order valence-electron chi connectivity index (χ3n) is 2.24. The lowest BCUT2D eigenvalue weighted by atomic mass is 10.0. The quantitative estimate of drug-likeness (QED) is 0.644. The van der Waals surface area contributed by atoms with Crippen molar-refractivity contribution in [3.05, 3.63) is 35.9 Å². The fourth-order valence-corrected chi connectivity index (χ4v) is 1.46. The summed E-state index contributed by atoms with van der Waals surface area (Å²) >= 11 is 0. The maximum Gasteiger partial charge on any atom is 0.119 e. The summed E-state index contributed by atoms with van der Waals surface area (Å²) in [5.74, 6) is 0.538. The number of rotatable bonds is 0. The Morgan fingerprint density at radius 3 is 2.54 bits per heavy atom. The summed E-state index contributed by atoms with van der Waals surface area (Å²) in [6.07, 6.45) is 0. The molecular weight excluding hydrogens is 164 g/mol. The van der Waals surface area contributed by atoms with Crippen LogP contribution in [-0.4, -0.2) is 10.2 Å². The number of hydrogen-bond donors (Lipinski definition) is 2. The number of aromatic hydroxyl groups is 2. The SMILES string of the molecule is Cc1c(O)ccc2cc(O)ccc12. The van der Waals surface area contributed by atoms with E-state index in [0.29, 0.717) is 0 Å². The van der Waals surface area contributed by atoms with Crippen LogP contribution in [0.1, 0.15) is 5.56 Å². The van der Waals surface area contributed by atoms with Crippen molar-refractivity contribution in [3.8, 4) is 11.5 Å². The Hall–Kier alpha value is -1.70. The molecule has 0 unspecified atom stereocenters. The van der Waals surface area contributed by atoms with Crippen molar-refractivity contribution in [1.82, 2.24) is 0 Å². The highest BCUT2D eigenvalue weighted by Crippen LogP contribution is 2.28. The summed E-state index contributed by atoms with van der Waals surface area (Å²) in [6, 6.07) is 8.53. The molecule has 0 bridgehead atoms. The molecule has 13 heavy (non-hydrogen) atoms. The predicted octanol–water partition coefficient (Wildman–Crippen LogP) is 2.56. The van der Waals surface area contributed by atoms with E-state index in [1.807, 2.05) is 6.92 Å². The molecular formula is C11H10O2. The Morgan fingerprint density at radius 1 is 1.00 bits per heavy atom. The maximum atomic E-state index is 9.42. The number of phenols is 2. The largest absolute Gasteiger partial charge is 0.508 e. The minimum Gasteiger partial charge on any atom is -0.508 e. The molecule has 0 saturated heterocycles. The van der Waals surface area contributed by atoms with Crippen LogP contribution in [-0.2, 0) is 0 Å². The van der Waals surface area contributed by atoms with E-state index >= 15 is 0 Å². The Morgan fingerprint density at radius 2 is 1.77 bits per heavy atom. The third-order valence-corrected chi connectivity index (χ3v) is 2.24. The molecule has 2 aromatic carbocycles. The van der Waals surface area contributed by atoms with Crippen molar-refractivity contribution in [3.63, 3.8) is 0 Å². The van der Waals surface area contributed by atoms with E-state index in [9.17, 15) is 10.2 Å². The van der Waals surface area contributed by atoms with Gasteiger partial charge >= 0.3 is 0 Å². The average Bonchev–Trinajstić information content (AvgIpc) is 2.12. The van der Waals surface area contributed by atoms with Gasteiger partial charge in [0.1, 0.15) is 11.5 Å². The van der Waals surface area contributed by atoms with Gasteiger partial charge in [-0.15, -0.1) is 0 Å². The molecule has 0 aromatic heterocycles. The highest BCUT2D eigenvalue weighted by atomic mass is 16.3. The van der Waals surface area contributed by atoms with Crippen molar-refractivity contribution in [2.75, 3.05) is 0 Å². The molecule has 2 N–H and O–H groups in total. The lowest BCUT2D eigenvalue weighted by molar-refractivity contribution is 0.471. The molecule has 0 aliphatic carbocycles. The van der Waals surface area contributed by atoms with Crippen LogP contribution >= 0.6 is 0 Å². The molecule has 0 aliphatic rings. The second-order valence-corrected chi connectivity index (χ2v) is 3.12. The minimum atomic E-state index is 0.248. The molecule has 0 aliphatic heterocycles. The molecule has 2 heteroatoms. The zero-order valence-electron chi connectivity index (χ0n) is 7.28. The third kappa shape index (κ3) is 1.20. The zero-order chi connectivity index (χ0) is 9.42. The Labute approximate surface area is 76.1 Å². The average molecular weight is 174 g/mol. The van der Waals surface area contributed by atoms with Crippen LogP contribution in [0.15, 0.2) is 30.3 Å². The number of hydrogen-bond acceptors (Lipinski definition) is 2. The normalized spacial score (nSPS) is 10.5. The monoisotopic (exact) mass is 174 g/mol. The zero-order valence-corrected chi connectivity index (χ0v) is 7.28. The highest BCUT2D eigenvalue weighted by Gasteiger charge is 2.01. The number of phenolic OH excluding ortho intramolecular Hbond substituents is 2. The van der Waals surface area contributed by atoms with Crippen molar-refractivity contribution < 1.29 is 10.2 Å². The van der Waals surface area contributed by atoms with E-state index in [-0.39, 0.29) is 11.5 Å². The number of aryl methyl sites for hydroxylation is 1. The van der Waals surface area contributed by atoms with Gasteiger partial charge in [-0.25, -0.2) is 0 Å². The van der Waals surface area contributed by atoms with Crippen LogP contribution in [0.2, 0.25) is 0 Å². The fraction of sp³-hybridized carbons (Fsp3) is 0.0909. The van der Waals surface area contributed by atoms with Gasteiger partial charge in [0, 0.05) is 0 Å². The Balaban J connectivity index is 2.87. The van der Waals surface area contributed by atoms with Gasteiger partial charge in [0.2, 0.25) is 0 Å².